The van der Waals surface area contributed by atoms with Crippen molar-refractivity contribution in [3.05, 3.63) is 34.9 Å². The van der Waals surface area contributed by atoms with E-state index in [9.17, 15) is 4.79 Å². The molecule has 0 atom stereocenters. The number of nitrogens with zero attached hydrogens (tertiary/aromatic N) is 1. The molecule has 1 aromatic rings. The second kappa shape index (κ2) is 4.82. The molecule has 0 unspecified atom stereocenters. The van der Waals surface area contributed by atoms with Crippen LogP contribution >= 0.6 is 0 Å². The Bertz CT molecular complexity index is 582. The third-order valence-electron chi connectivity index (χ3n) is 3.34. The Kier molecular flexibility index (Phi) is 3.36. The van der Waals surface area contributed by atoms with Crippen LogP contribution in [-0.4, -0.2) is 23.7 Å². The predicted molar refractivity (Wildman–Crippen MR) is 72.1 cm³/mol. The van der Waals surface area contributed by atoms with Crippen LogP contribution in [0.2, 0.25) is 0 Å². The van der Waals surface area contributed by atoms with E-state index in [1.165, 1.54) is 0 Å². The summed E-state index contributed by atoms with van der Waals surface area (Å²) in [5.41, 5.74) is 7.14. The number of nitrogens with one attached hydrogen (secondary N) is 2. The highest BCUT2D eigenvalue weighted by molar-refractivity contribution is 6.02. The Morgan fingerprint density at radius 2 is 2.26 bits per heavy atom. The topological polar surface area (TPSA) is 103 Å². The van der Waals surface area contributed by atoms with Crippen LogP contribution in [0.15, 0.2) is 18.2 Å². The van der Waals surface area contributed by atoms with Crippen molar-refractivity contribution >= 4 is 11.6 Å². The first-order valence-electron chi connectivity index (χ1n) is 6.13. The van der Waals surface area contributed by atoms with Gasteiger partial charge in [-0.15, -0.1) is 0 Å². The first-order valence-corrected chi connectivity index (χ1v) is 6.13. The van der Waals surface area contributed by atoms with Crippen LogP contribution in [0.3, 0.4) is 0 Å². The number of aryl methyl sites for hydroxylation is 1. The molecule has 1 aromatic carbocycles. The Morgan fingerprint density at radius 1 is 1.58 bits per heavy atom. The highest BCUT2D eigenvalue weighted by atomic mass is 16.1. The second-order valence-electron chi connectivity index (χ2n) is 4.86. The lowest BCUT2D eigenvalue weighted by Gasteiger charge is -2.12. The maximum atomic E-state index is 12.1. The van der Waals surface area contributed by atoms with E-state index in [2.05, 4.69) is 11.4 Å². The molecular weight excluding hydrogens is 240 g/mol. The molecule has 2 rings (SSSR count). The number of amides is 1. The van der Waals surface area contributed by atoms with Crippen molar-refractivity contribution in [3.63, 3.8) is 0 Å². The molecule has 19 heavy (non-hydrogen) atoms. The Labute approximate surface area is 111 Å². The Morgan fingerprint density at radius 3 is 2.74 bits per heavy atom. The zero-order valence-electron chi connectivity index (χ0n) is 10.8. The number of rotatable bonds is 4. The molecule has 1 aliphatic rings. The van der Waals surface area contributed by atoms with Gasteiger partial charge in [-0.25, -0.2) is 0 Å². The smallest absolute Gasteiger partial charge is 0.252 e. The average molecular weight is 256 g/mol. The number of hydrogen-bond donors (Lipinski definition) is 3. The second-order valence-corrected chi connectivity index (χ2v) is 4.86. The van der Waals surface area contributed by atoms with E-state index in [4.69, 9.17) is 16.4 Å². The van der Waals surface area contributed by atoms with Crippen LogP contribution in [0.4, 0.5) is 0 Å². The molecule has 5 heteroatoms. The monoisotopic (exact) mass is 256 g/mol. The molecule has 1 fully saturated rings. The summed E-state index contributed by atoms with van der Waals surface area (Å²) in [7, 11) is 0. The molecule has 0 radical (unpaired) electrons. The zero-order valence-corrected chi connectivity index (χ0v) is 10.8. The number of carbonyl (C=O) groups excluding carboxylic acids is 1. The number of nitriles is 1. The summed E-state index contributed by atoms with van der Waals surface area (Å²) in [5.74, 6) is -0.234. The van der Waals surface area contributed by atoms with Gasteiger partial charge in [-0.3, -0.25) is 4.79 Å². The van der Waals surface area contributed by atoms with E-state index in [1.807, 2.05) is 6.92 Å². The van der Waals surface area contributed by atoms with Gasteiger partial charge in [-0.05, 0) is 43.0 Å². The van der Waals surface area contributed by atoms with Gasteiger partial charge < -0.3 is 16.5 Å². The van der Waals surface area contributed by atoms with Gasteiger partial charge in [0.25, 0.3) is 5.91 Å². The lowest BCUT2D eigenvalue weighted by atomic mass is 10.0. The third-order valence-corrected chi connectivity index (χ3v) is 3.34. The quantitative estimate of drug-likeness (QED) is 0.703. The average Bonchev–Trinajstić information content (AvgIpc) is 3.17. The van der Waals surface area contributed by atoms with Crippen LogP contribution in [0, 0.1) is 23.7 Å². The first kappa shape index (κ1) is 13.2. The summed E-state index contributed by atoms with van der Waals surface area (Å²) < 4.78 is 0. The van der Waals surface area contributed by atoms with E-state index in [1.54, 1.807) is 18.2 Å². The summed E-state index contributed by atoms with van der Waals surface area (Å²) in [4.78, 5) is 12.1. The van der Waals surface area contributed by atoms with Gasteiger partial charge in [0.1, 0.15) is 5.54 Å². The predicted octanol–water partition coefficient (Wildman–Crippen LogP) is 1.11. The van der Waals surface area contributed by atoms with Crippen molar-refractivity contribution in [1.29, 1.82) is 10.7 Å². The third kappa shape index (κ3) is 2.64. The van der Waals surface area contributed by atoms with Crippen LogP contribution in [0.25, 0.3) is 0 Å². The SMILES string of the molecule is Cc1cc(C(=N)CN)ccc1C(=O)NC1(C#N)CC1. The summed E-state index contributed by atoms with van der Waals surface area (Å²) in [6, 6.07) is 7.29. The molecule has 1 aliphatic carbocycles. The minimum atomic E-state index is -0.661. The first-order chi connectivity index (χ1) is 9.01. The van der Waals surface area contributed by atoms with Gasteiger partial charge >= 0.3 is 0 Å². The molecule has 0 heterocycles. The number of nitrogens with two attached hydrogens (primary N) is 1. The zero-order chi connectivity index (χ0) is 14.0. The molecule has 0 saturated heterocycles. The van der Waals surface area contributed by atoms with Gasteiger partial charge in [0.2, 0.25) is 0 Å². The summed E-state index contributed by atoms with van der Waals surface area (Å²) in [5, 5.41) is 19.4. The fourth-order valence-electron chi connectivity index (χ4n) is 1.90. The number of benzene rings is 1. The largest absolute Gasteiger partial charge is 0.334 e. The van der Waals surface area contributed by atoms with Crippen LogP contribution in [-0.2, 0) is 0 Å². The highest BCUT2D eigenvalue weighted by Crippen LogP contribution is 2.34. The van der Waals surface area contributed by atoms with E-state index in [0.717, 1.165) is 11.1 Å². The van der Waals surface area contributed by atoms with E-state index in [-0.39, 0.29) is 12.5 Å². The minimum absolute atomic E-state index is 0.169. The highest BCUT2D eigenvalue weighted by Gasteiger charge is 2.44. The van der Waals surface area contributed by atoms with Crippen molar-refractivity contribution in [1.82, 2.24) is 5.32 Å². The van der Waals surface area contributed by atoms with Gasteiger partial charge in [0.05, 0.1) is 11.8 Å². The van der Waals surface area contributed by atoms with Crippen LogP contribution < -0.4 is 11.1 Å². The number of carbonyl (C=O) groups is 1. The lowest BCUT2D eigenvalue weighted by Crippen LogP contribution is -2.35. The number of hydrogen-bond acceptors (Lipinski definition) is 4. The molecule has 0 spiro atoms. The lowest BCUT2D eigenvalue weighted by molar-refractivity contribution is 0.0941. The van der Waals surface area contributed by atoms with Crippen LogP contribution in [0.5, 0.6) is 0 Å². The van der Waals surface area contributed by atoms with E-state index >= 15 is 0 Å². The van der Waals surface area contributed by atoms with Crippen molar-refractivity contribution in [3.8, 4) is 6.07 Å². The summed E-state index contributed by atoms with van der Waals surface area (Å²) in [6.07, 6.45) is 1.42. The van der Waals surface area contributed by atoms with Gasteiger partial charge in [-0.2, -0.15) is 5.26 Å². The van der Waals surface area contributed by atoms with Gasteiger partial charge in [0, 0.05) is 12.1 Å². The fourth-order valence-corrected chi connectivity index (χ4v) is 1.90. The van der Waals surface area contributed by atoms with Crippen molar-refractivity contribution in [2.45, 2.75) is 25.3 Å². The Balaban J connectivity index is 2.19. The van der Waals surface area contributed by atoms with Crippen LogP contribution in [0.1, 0.15) is 34.3 Å². The molecule has 1 amide bonds. The van der Waals surface area contributed by atoms with Crippen molar-refractivity contribution in [2.24, 2.45) is 5.73 Å². The molecule has 5 nitrogen and oxygen atoms in total. The molecule has 98 valence electrons. The Hall–Kier alpha value is -2.19. The maximum absolute atomic E-state index is 12.1. The van der Waals surface area contributed by atoms with E-state index in [0.29, 0.717) is 24.1 Å². The summed E-state index contributed by atoms with van der Waals surface area (Å²) >= 11 is 0. The fraction of sp³-hybridized carbons (Fsp3) is 0.357. The van der Waals surface area contributed by atoms with E-state index < -0.39 is 5.54 Å². The minimum Gasteiger partial charge on any atom is -0.334 e. The normalized spacial score (nSPS) is 15.4. The molecule has 1 saturated carbocycles. The maximum Gasteiger partial charge on any atom is 0.252 e. The molecule has 0 aliphatic heterocycles. The molecule has 4 N–H and O–H groups in total. The van der Waals surface area contributed by atoms with Crippen molar-refractivity contribution in [2.75, 3.05) is 6.54 Å². The molecular formula is C14H16N4O. The van der Waals surface area contributed by atoms with Gasteiger partial charge in [0.15, 0.2) is 0 Å². The molecule has 0 aromatic heterocycles. The van der Waals surface area contributed by atoms with Crippen molar-refractivity contribution < 1.29 is 4.79 Å². The standard InChI is InChI=1S/C14H16N4O/c1-9-6-10(12(17)7-15)2-3-11(9)13(19)18-14(8-16)4-5-14/h2-3,6,17H,4-5,7,15H2,1H3,(H,18,19). The summed E-state index contributed by atoms with van der Waals surface area (Å²) in [6.45, 7) is 1.98. The molecule has 0 bridgehead atoms. The van der Waals surface area contributed by atoms with Gasteiger partial charge in [-0.1, -0.05) is 6.07 Å².